The molecule has 0 bridgehead atoms. The van der Waals surface area contributed by atoms with Gasteiger partial charge in [-0.1, -0.05) is 30.3 Å². The largest absolute Gasteiger partial charge is 0.480 e. The number of rotatable bonds is 5. The quantitative estimate of drug-likeness (QED) is 0.807. The monoisotopic (exact) mass is 233 g/mol. The van der Waals surface area contributed by atoms with Crippen LogP contribution in [-0.4, -0.2) is 23.5 Å². The molecule has 0 spiro atoms. The van der Waals surface area contributed by atoms with E-state index in [0.29, 0.717) is 5.92 Å². The molecule has 1 fully saturated rings. The standard InChI is InChI=1S/C13H15NO3/c15-11(16)8-14-13(17)12(10-6-7-10)9-4-2-1-3-5-9/h1-5,10,12H,6-8H2,(H,14,17)(H,15,16). The highest BCUT2D eigenvalue weighted by Crippen LogP contribution is 2.42. The highest BCUT2D eigenvalue weighted by atomic mass is 16.4. The number of carboxylic acids is 1. The van der Waals surface area contributed by atoms with Crippen LogP contribution in [-0.2, 0) is 9.59 Å². The fraction of sp³-hybridized carbons (Fsp3) is 0.385. The minimum atomic E-state index is -1.01. The van der Waals surface area contributed by atoms with Crippen molar-refractivity contribution in [3.63, 3.8) is 0 Å². The van der Waals surface area contributed by atoms with Crippen molar-refractivity contribution >= 4 is 11.9 Å². The van der Waals surface area contributed by atoms with Gasteiger partial charge in [-0.3, -0.25) is 9.59 Å². The summed E-state index contributed by atoms with van der Waals surface area (Å²) in [6.45, 7) is -0.311. The van der Waals surface area contributed by atoms with Gasteiger partial charge in [-0.15, -0.1) is 0 Å². The van der Waals surface area contributed by atoms with Crippen LogP contribution in [0.4, 0.5) is 0 Å². The SMILES string of the molecule is O=C(O)CNC(=O)C(c1ccccc1)C1CC1. The summed E-state index contributed by atoms with van der Waals surface area (Å²) in [5.41, 5.74) is 0.970. The van der Waals surface area contributed by atoms with Crippen LogP contribution in [0.15, 0.2) is 30.3 Å². The van der Waals surface area contributed by atoms with Gasteiger partial charge >= 0.3 is 5.97 Å². The lowest BCUT2D eigenvalue weighted by Gasteiger charge is -2.15. The molecule has 1 aliphatic rings. The van der Waals surface area contributed by atoms with Crippen molar-refractivity contribution in [2.24, 2.45) is 5.92 Å². The number of carbonyl (C=O) groups is 2. The van der Waals surface area contributed by atoms with E-state index in [1.165, 1.54) is 0 Å². The highest BCUT2D eigenvalue weighted by molar-refractivity contribution is 5.87. The minimum Gasteiger partial charge on any atom is -0.480 e. The van der Waals surface area contributed by atoms with Crippen molar-refractivity contribution in [2.75, 3.05) is 6.54 Å². The molecule has 1 unspecified atom stereocenters. The van der Waals surface area contributed by atoms with Gasteiger partial charge in [-0.2, -0.15) is 0 Å². The van der Waals surface area contributed by atoms with Gasteiger partial charge in [-0.05, 0) is 24.3 Å². The Labute approximate surface area is 99.6 Å². The average molecular weight is 233 g/mol. The first-order valence-corrected chi connectivity index (χ1v) is 5.73. The summed E-state index contributed by atoms with van der Waals surface area (Å²) in [4.78, 5) is 22.4. The molecule has 90 valence electrons. The van der Waals surface area contributed by atoms with Crippen LogP contribution in [0.2, 0.25) is 0 Å². The van der Waals surface area contributed by atoms with Gasteiger partial charge in [-0.25, -0.2) is 0 Å². The maximum absolute atomic E-state index is 12.0. The molecule has 0 aliphatic heterocycles. The molecule has 2 N–H and O–H groups in total. The normalized spacial score (nSPS) is 16.2. The molecule has 17 heavy (non-hydrogen) atoms. The number of hydrogen-bond acceptors (Lipinski definition) is 2. The number of nitrogens with one attached hydrogen (secondary N) is 1. The zero-order valence-electron chi connectivity index (χ0n) is 9.43. The molecule has 4 heteroatoms. The Kier molecular flexibility index (Phi) is 3.42. The van der Waals surface area contributed by atoms with Crippen LogP contribution in [0.25, 0.3) is 0 Å². The van der Waals surface area contributed by atoms with Crippen LogP contribution in [0.3, 0.4) is 0 Å². The van der Waals surface area contributed by atoms with Gasteiger partial charge in [0.05, 0.1) is 5.92 Å². The molecule has 0 radical (unpaired) electrons. The van der Waals surface area contributed by atoms with Crippen LogP contribution >= 0.6 is 0 Å². The topological polar surface area (TPSA) is 66.4 Å². The summed E-state index contributed by atoms with van der Waals surface area (Å²) in [6, 6.07) is 9.54. The lowest BCUT2D eigenvalue weighted by Crippen LogP contribution is -2.34. The Bertz CT molecular complexity index is 412. The van der Waals surface area contributed by atoms with Crippen molar-refractivity contribution in [1.82, 2.24) is 5.32 Å². The fourth-order valence-corrected chi connectivity index (χ4v) is 2.00. The molecule has 0 aromatic heterocycles. The van der Waals surface area contributed by atoms with E-state index in [0.717, 1.165) is 18.4 Å². The Morgan fingerprint density at radius 2 is 1.94 bits per heavy atom. The molecular formula is C13H15NO3. The molecular weight excluding hydrogens is 218 g/mol. The van der Waals surface area contributed by atoms with Crippen molar-refractivity contribution in [3.8, 4) is 0 Å². The van der Waals surface area contributed by atoms with Crippen molar-refractivity contribution in [2.45, 2.75) is 18.8 Å². The lowest BCUT2D eigenvalue weighted by molar-refractivity contribution is -0.138. The van der Waals surface area contributed by atoms with Gasteiger partial charge in [0, 0.05) is 0 Å². The van der Waals surface area contributed by atoms with Gasteiger partial charge in [0.15, 0.2) is 0 Å². The molecule has 1 atom stereocenters. The first-order valence-electron chi connectivity index (χ1n) is 5.73. The lowest BCUT2D eigenvalue weighted by atomic mass is 9.93. The predicted molar refractivity (Wildman–Crippen MR) is 62.6 cm³/mol. The van der Waals surface area contributed by atoms with E-state index in [-0.39, 0.29) is 18.4 Å². The summed E-state index contributed by atoms with van der Waals surface area (Å²) in [5.74, 6) is -1.02. The van der Waals surface area contributed by atoms with Crippen LogP contribution in [0.1, 0.15) is 24.3 Å². The number of carboxylic acid groups (broad SMARTS) is 1. The summed E-state index contributed by atoms with van der Waals surface area (Å²) in [5, 5.41) is 11.0. The average Bonchev–Trinajstić information content (AvgIpc) is 3.12. The molecule has 0 saturated heterocycles. The zero-order valence-corrected chi connectivity index (χ0v) is 9.43. The van der Waals surface area contributed by atoms with Gasteiger partial charge in [0.2, 0.25) is 5.91 Å². The third kappa shape index (κ3) is 3.06. The first-order chi connectivity index (χ1) is 8.18. The van der Waals surface area contributed by atoms with E-state index in [9.17, 15) is 9.59 Å². The minimum absolute atomic E-state index is 0.180. The Morgan fingerprint density at radius 1 is 1.29 bits per heavy atom. The molecule has 1 aliphatic carbocycles. The molecule has 1 saturated carbocycles. The Morgan fingerprint density at radius 3 is 2.47 bits per heavy atom. The molecule has 2 rings (SSSR count). The molecule has 1 aromatic rings. The van der Waals surface area contributed by atoms with Gasteiger partial charge in [0.1, 0.15) is 6.54 Å². The molecule has 0 heterocycles. The van der Waals surface area contributed by atoms with Crippen LogP contribution in [0, 0.1) is 5.92 Å². The Hall–Kier alpha value is -1.84. The fourth-order valence-electron chi connectivity index (χ4n) is 2.00. The van der Waals surface area contributed by atoms with E-state index in [2.05, 4.69) is 5.32 Å². The highest BCUT2D eigenvalue weighted by Gasteiger charge is 2.37. The maximum atomic E-state index is 12.0. The summed E-state index contributed by atoms with van der Waals surface area (Å²) >= 11 is 0. The third-order valence-corrected chi connectivity index (χ3v) is 2.95. The number of hydrogen-bond donors (Lipinski definition) is 2. The predicted octanol–water partition coefficient (Wildman–Crippen LogP) is 1.38. The second kappa shape index (κ2) is 4.99. The van der Waals surface area contributed by atoms with Crippen LogP contribution in [0.5, 0.6) is 0 Å². The summed E-state index contributed by atoms with van der Waals surface area (Å²) in [7, 11) is 0. The van der Waals surface area contributed by atoms with Crippen LogP contribution < -0.4 is 5.32 Å². The second-order valence-corrected chi connectivity index (χ2v) is 4.34. The number of aliphatic carboxylic acids is 1. The van der Waals surface area contributed by atoms with Crippen molar-refractivity contribution < 1.29 is 14.7 Å². The third-order valence-electron chi connectivity index (χ3n) is 2.95. The summed E-state index contributed by atoms with van der Waals surface area (Å²) in [6.07, 6.45) is 2.08. The molecule has 4 nitrogen and oxygen atoms in total. The first kappa shape index (κ1) is 11.6. The maximum Gasteiger partial charge on any atom is 0.322 e. The van der Waals surface area contributed by atoms with E-state index < -0.39 is 5.97 Å². The number of amides is 1. The zero-order chi connectivity index (χ0) is 12.3. The number of benzene rings is 1. The van der Waals surface area contributed by atoms with E-state index in [1.54, 1.807) is 0 Å². The van der Waals surface area contributed by atoms with E-state index in [1.807, 2.05) is 30.3 Å². The summed E-state index contributed by atoms with van der Waals surface area (Å²) < 4.78 is 0. The molecule has 1 aromatic carbocycles. The second-order valence-electron chi connectivity index (χ2n) is 4.34. The van der Waals surface area contributed by atoms with Crippen molar-refractivity contribution in [3.05, 3.63) is 35.9 Å². The molecule has 1 amide bonds. The number of carbonyl (C=O) groups excluding carboxylic acids is 1. The Balaban J connectivity index is 2.07. The van der Waals surface area contributed by atoms with Gasteiger partial charge in [0.25, 0.3) is 0 Å². The van der Waals surface area contributed by atoms with E-state index in [4.69, 9.17) is 5.11 Å². The van der Waals surface area contributed by atoms with Gasteiger partial charge < -0.3 is 10.4 Å². The van der Waals surface area contributed by atoms with Crippen molar-refractivity contribution in [1.29, 1.82) is 0 Å². The van der Waals surface area contributed by atoms with E-state index >= 15 is 0 Å². The smallest absolute Gasteiger partial charge is 0.322 e.